The Balaban J connectivity index is 2.02. The number of hydrogen-bond donors (Lipinski definition) is 1. The summed E-state index contributed by atoms with van der Waals surface area (Å²) in [7, 11) is 1.83. The summed E-state index contributed by atoms with van der Waals surface area (Å²) in [6.45, 7) is 4.18. The zero-order valence-electron chi connectivity index (χ0n) is 8.79. The van der Waals surface area contributed by atoms with E-state index < -0.39 is 0 Å². The predicted octanol–water partition coefficient (Wildman–Crippen LogP) is 1.82. The third-order valence-corrected chi connectivity index (χ3v) is 4.24. The van der Waals surface area contributed by atoms with E-state index in [0.29, 0.717) is 11.8 Å². The first-order valence-electron chi connectivity index (χ1n) is 5.33. The summed E-state index contributed by atoms with van der Waals surface area (Å²) in [5.41, 5.74) is 0.200. The van der Waals surface area contributed by atoms with Crippen LogP contribution < -0.4 is 0 Å². The van der Waals surface area contributed by atoms with Gasteiger partial charge in [-0.3, -0.25) is 0 Å². The second kappa shape index (κ2) is 2.96. The highest BCUT2D eigenvalue weighted by Crippen LogP contribution is 2.60. The van der Waals surface area contributed by atoms with E-state index in [0.717, 1.165) is 18.8 Å². The van der Waals surface area contributed by atoms with E-state index >= 15 is 0 Å². The molecule has 76 valence electrons. The summed E-state index contributed by atoms with van der Waals surface area (Å²) in [6.07, 6.45) is 3.36. The molecule has 2 aliphatic carbocycles. The molecular weight excluding hydrogens is 164 g/mol. The van der Waals surface area contributed by atoms with Crippen LogP contribution >= 0.6 is 0 Å². The SMILES string of the molecule is COC12CC1CC(C(C)O)CC2C. The Bertz CT molecular complexity index is 202. The van der Waals surface area contributed by atoms with Crippen molar-refractivity contribution in [1.82, 2.24) is 0 Å². The smallest absolute Gasteiger partial charge is 0.0737 e. The highest BCUT2D eigenvalue weighted by atomic mass is 16.5. The van der Waals surface area contributed by atoms with Gasteiger partial charge in [-0.15, -0.1) is 0 Å². The Hall–Kier alpha value is -0.0800. The Kier molecular flexibility index (Phi) is 2.16. The number of hydrogen-bond acceptors (Lipinski definition) is 2. The molecule has 2 heteroatoms. The quantitative estimate of drug-likeness (QED) is 0.709. The van der Waals surface area contributed by atoms with Crippen LogP contribution in [0.25, 0.3) is 0 Å². The number of aliphatic hydroxyl groups excluding tert-OH is 1. The maximum Gasteiger partial charge on any atom is 0.0737 e. The number of aliphatic hydroxyl groups is 1. The topological polar surface area (TPSA) is 29.5 Å². The van der Waals surface area contributed by atoms with Gasteiger partial charge in [0.15, 0.2) is 0 Å². The van der Waals surface area contributed by atoms with Crippen molar-refractivity contribution in [2.45, 2.75) is 44.8 Å². The normalized spacial score (nSPS) is 51.2. The number of fused-ring (bicyclic) bond motifs is 1. The van der Waals surface area contributed by atoms with Crippen molar-refractivity contribution >= 4 is 0 Å². The van der Waals surface area contributed by atoms with E-state index in [1.165, 1.54) is 6.42 Å². The van der Waals surface area contributed by atoms with Crippen LogP contribution in [0.4, 0.5) is 0 Å². The molecule has 0 bridgehead atoms. The molecule has 0 aromatic carbocycles. The molecule has 0 heterocycles. The summed E-state index contributed by atoms with van der Waals surface area (Å²) in [4.78, 5) is 0. The zero-order valence-corrected chi connectivity index (χ0v) is 8.79. The van der Waals surface area contributed by atoms with E-state index in [1.807, 2.05) is 14.0 Å². The zero-order chi connectivity index (χ0) is 9.64. The van der Waals surface area contributed by atoms with Crippen molar-refractivity contribution < 1.29 is 9.84 Å². The molecule has 0 radical (unpaired) electrons. The van der Waals surface area contributed by atoms with Crippen LogP contribution in [0, 0.1) is 17.8 Å². The molecule has 0 aliphatic heterocycles. The third-order valence-electron chi connectivity index (χ3n) is 4.24. The monoisotopic (exact) mass is 184 g/mol. The fraction of sp³-hybridized carbons (Fsp3) is 1.00. The van der Waals surface area contributed by atoms with E-state index in [9.17, 15) is 5.11 Å². The van der Waals surface area contributed by atoms with Crippen LogP contribution in [0.3, 0.4) is 0 Å². The molecule has 1 N–H and O–H groups in total. The molecule has 0 aromatic heterocycles. The number of rotatable bonds is 2. The molecule has 2 rings (SSSR count). The molecule has 2 fully saturated rings. The number of ether oxygens (including phenoxy) is 1. The Morgan fingerprint density at radius 3 is 2.62 bits per heavy atom. The van der Waals surface area contributed by atoms with Gasteiger partial charge < -0.3 is 9.84 Å². The van der Waals surface area contributed by atoms with Crippen LogP contribution in [-0.4, -0.2) is 23.9 Å². The minimum atomic E-state index is -0.141. The Morgan fingerprint density at radius 1 is 1.46 bits per heavy atom. The first kappa shape index (κ1) is 9.47. The molecule has 13 heavy (non-hydrogen) atoms. The van der Waals surface area contributed by atoms with Crippen molar-refractivity contribution in [3.05, 3.63) is 0 Å². The number of methoxy groups -OCH3 is 1. The van der Waals surface area contributed by atoms with E-state index in [-0.39, 0.29) is 11.7 Å². The molecule has 0 spiro atoms. The molecule has 2 aliphatic rings. The molecule has 0 aromatic rings. The maximum absolute atomic E-state index is 9.55. The fourth-order valence-corrected chi connectivity index (χ4v) is 3.17. The average molecular weight is 184 g/mol. The molecule has 0 saturated heterocycles. The van der Waals surface area contributed by atoms with Crippen molar-refractivity contribution in [3.63, 3.8) is 0 Å². The van der Waals surface area contributed by atoms with Gasteiger partial charge in [0.1, 0.15) is 0 Å². The van der Waals surface area contributed by atoms with Gasteiger partial charge in [0.05, 0.1) is 11.7 Å². The maximum atomic E-state index is 9.55. The molecule has 5 atom stereocenters. The van der Waals surface area contributed by atoms with Crippen LogP contribution in [0.15, 0.2) is 0 Å². The highest BCUT2D eigenvalue weighted by molar-refractivity contribution is 5.12. The summed E-state index contributed by atoms with van der Waals surface area (Å²) < 4.78 is 5.61. The minimum absolute atomic E-state index is 0.141. The van der Waals surface area contributed by atoms with Crippen molar-refractivity contribution in [2.75, 3.05) is 7.11 Å². The molecule has 5 unspecified atom stereocenters. The van der Waals surface area contributed by atoms with Gasteiger partial charge in [-0.25, -0.2) is 0 Å². The Labute approximate surface area is 80.3 Å². The lowest BCUT2D eigenvalue weighted by Gasteiger charge is -2.34. The summed E-state index contributed by atoms with van der Waals surface area (Å²) in [6, 6.07) is 0. The summed E-state index contributed by atoms with van der Waals surface area (Å²) in [5, 5.41) is 9.55. The van der Waals surface area contributed by atoms with Crippen molar-refractivity contribution in [2.24, 2.45) is 17.8 Å². The molecule has 0 amide bonds. The van der Waals surface area contributed by atoms with Crippen LogP contribution in [-0.2, 0) is 4.74 Å². The van der Waals surface area contributed by atoms with E-state index in [2.05, 4.69) is 6.92 Å². The van der Waals surface area contributed by atoms with Crippen LogP contribution in [0.5, 0.6) is 0 Å². The van der Waals surface area contributed by atoms with Gasteiger partial charge in [-0.2, -0.15) is 0 Å². The van der Waals surface area contributed by atoms with Gasteiger partial charge >= 0.3 is 0 Å². The molecule has 2 nitrogen and oxygen atoms in total. The Morgan fingerprint density at radius 2 is 2.15 bits per heavy atom. The molecular formula is C11H20O2. The van der Waals surface area contributed by atoms with E-state index in [1.54, 1.807) is 0 Å². The fourth-order valence-electron chi connectivity index (χ4n) is 3.17. The molecule has 2 saturated carbocycles. The van der Waals surface area contributed by atoms with Crippen LogP contribution in [0.2, 0.25) is 0 Å². The predicted molar refractivity (Wildman–Crippen MR) is 51.4 cm³/mol. The second-order valence-electron chi connectivity index (χ2n) is 4.93. The van der Waals surface area contributed by atoms with Gasteiger partial charge in [-0.05, 0) is 43.9 Å². The van der Waals surface area contributed by atoms with Gasteiger partial charge in [0.2, 0.25) is 0 Å². The second-order valence-corrected chi connectivity index (χ2v) is 4.93. The first-order valence-corrected chi connectivity index (χ1v) is 5.33. The van der Waals surface area contributed by atoms with Gasteiger partial charge in [-0.1, -0.05) is 6.92 Å². The largest absolute Gasteiger partial charge is 0.393 e. The highest BCUT2D eigenvalue weighted by Gasteiger charge is 2.61. The average Bonchev–Trinajstić information content (AvgIpc) is 2.79. The lowest BCUT2D eigenvalue weighted by atomic mass is 9.78. The van der Waals surface area contributed by atoms with E-state index in [4.69, 9.17) is 4.74 Å². The lowest BCUT2D eigenvalue weighted by Crippen LogP contribution is -2.35. The lowest BCUT2D eigenvalue weighted by molar-refractivity contribution is -0.0277. The first-order chi connectivity index (χ1) is 6.10. The summed E-state index contributed by atoms with van der Waals surface area (Å²) in [5.74, 6) is 1.85. The van der Waals surface area contributed by atoms with Gasteiger partial charge in [0, 0.05) is 7.11 Å². The minimum Gasteiger partial charge on any atom is -0.393 e. The van der Waals surface area contributed by atoms with Gasteiger partial charge in [0.25, 0.3) is 0 Å². The van der Waals surface area contributed by atoms with Crippen molar-refractivity contribution in [1.29, 1.82) is 0 Å². The summed E-state index contributed by atoms with van der Waals surface area (Å²) >= 11 is 0. The van der Waals surface area contributed by atoms with Crippen LogP contribution in [0.1, 0.15) is 33.1 Å². The van der Waals surface area contributed by atoms with Crippen molar-refractivity contribution in [3.8, 4) is 0 Å². The standard InChI is InChI=1S/C11H20O2/c1-7-4-9(8(2)12)5-10-6-11(7,10)13-3/h7-10,12H,4-6H2,1-3H3. The third kappa shape index (κ3) is 1.31.